The predicted octanol–water partition coefficient (Wildman–Crippen LogP) is 3.98. The molecular formula is C24H23N5O3. The van der Waals surface area contributed by atoms with Gasteiger partial charge in [-0.25, -0.2) is 9.67 Å². The van der Waals surface area contributed by atoms with Gasteiger partial charge in [-0.05, 0) is 54.7 Å². The van der Waals surface area contributed by atoms with Gasteiger partial charge in [0.25, 0.3) is 5.91 Å². The number of fused-ring (bicyclic) bond motifs is 1. The van der Waals surface area contributed by atoms with Gasteiger partial charge in [0, 0.05) is 13.1 Å². The van der Waals surface area contributed by atoms with Crippen LogP contribution in [0.4, 0.5) is 0 Å². The number of ether oxygens (including phenoxy) is 1. The quantitative estimate of drug-likeness (QED) is 0.461. The van der Waals surface area contributed by atoms with Crippen LogP contribution in [0.15, 0.2) is 71.8 Å². The van der Waals surface area contributed by atoms with E-state index in [-0.39, 0.29) is 24.2 Å². The number of aryl methyl sites for hydroxylation is 1. The highest BCUT2D eigenvalue weighted by atomic mass is 16.5. The third-order valence-electron chi connectivity index (χ3n) is 5.80. The van der Waals surface area contributed by atoms with Gasteiger partial charge in [0.1, 0.15) is 25.0 Å². The lowest BCUT2D eigenvalue weighted by Gasteiger charge is -2.32. The SMILES string of the molecule is CN(C(=O)c1cc(COc2ccc(-n3cncn3)cc2)on1)[C@@H]1CCCc2ccccc21. The highest BCUT2D eigenvalue weighted by Gasteiger charge is 2.28. The van der Waals surface area contributed by atoms with Gasteiger partial charge in [-0.15, -0.1) is 0 Å². The number of carbonyl (C=O) groups excluding carboxylic acids is 1. The molecule has 2 heterocycles. The fourth-order valence-corrected chi connectivity index (χ4v) is 4.13. The van der Waals surface area contributed by atoms with E-state index in [1.807, 2.05) is 37.4 Å². The predicted molar refractivity (Wildman–Crippen MR) is 116 cm³/mol. The maximum absolute atomic E-state index is 13.0. The Kier molecular flexibility index (Phi) is 5.41. The third kappa shape index (κ3) is 3.99. The highest BCUT2D eigenvalue weighted by Crippen LogP contribution is 2.34. The van der Waals surface area contributed by atoms with Crippen LogP contribution in [-0.4, -0.2) is 37.8 Å². The Morgan fingerprint density at radius 2 is 2.06 bits per heavy atom. The van der Waals surface area contributed by atoms with Crippen molar-refractivity contribution >= 4 is 5.91 Å². The maximum Gasteiger partial charge on any atom is 0.276 e. The second-order valence-corrected chi connectivity index (χ2v) is 7.82. The second kappa shape index (κ2) is 8.66. The van der Waals surface area contributed by atoms with Gasteiger partial charge in [0.2, 0.25) is 0 Å². The van der Waals surface area contributed by atoms with Gasteiger partial charge in [-0.3, -0.25) is 4.79 Å². The van der Waals surface area contributed by atoms with E-state index in [1.165, 1.54) is 17.5 Å². The number of rotatable bonds is 6. The van der Waals surface area contributed by atoms with E-state index in [0.29, 0.717) is 11.5 Å². The fourth-order valence-electron chi connectivity index (χ4n) is 4.13. The summed E-state index contributed by atoms with van der Waals surface area (Å²) in [6.45, 7) is 0.179. The Balaban J connectivity index is 1.22. The Morgan fingerprint density at radius 1 is 1.22 bits per heavy atom. The number of hydrogen-bond donors (Lipinski definition) is 0. The van der Waals surface area contributed by atoms with E-state index in [0.717, 1.165) is 24.9 Å². The van der Waals surface area contributed by atoms with Gasteiger partial charge in [0.15, 0.2) is 11.5 Å². The Bertz CT molecular complexity index is 1200. The summed E-state index contributed by atoms with van der Waals surface area (Å²) in [5.41, 5.74) is 3.70. The average Bonchev–Trinajstić information content (AvgIpc) is 3.54. The first-order chi connectivity index (χ1) is 15.7. The molecule has 1 atom stereocenters. The van der Waals surface area contributed by atoms with Crippen molar-refractivity contribution in [1.82, 2.24) is 24.8 Å². The molecule has 2 aromatic carbocycles. The highest BCUT2D eigenvalue weighted by molar-refractivity contribution is 5.92. The van der Waals surface area contributed by atoms with Crippen molar-refractivity contribution in [2.75, 3.05) is 7.05 Å². The lowest BCUT2D eigenvalue weighted by molar-refractivity contribution is 0.0704. The molecular weight excluding hydrogens is 406 g/mol. The zero-order valence-electron chi connectivity index (χ0n) is 17.7. The first-order valence-corrected chi connectivity index (χ1v) is 10.6. The van der Waals surface area contributed by atoms with Gasteiger partial charge in [-0.2, -0.15) is 5.10 Å². The van der Waals surface area contributed by atoms with Gasteiger partial charge >= 0.3 is 0 Å². The number of benzene rings is 2. The second-order valence-electron chi connectivity index (χ2n) is 7.82. The number of aromatic nitrogens is 4. The molecule has 8 nitrogen and oxygen atoms in total. The fraction of sp³-hybridized carbons (Fsp3) is 0.250. The van der Waals surface area contributed by atoms with E-state index in [2.05, 4.69) is 33.4 Å². The molecule has 1 aliphatic carbocycles. The topological polar surface area (TPSA) is 86.3 Å². The smallest absolute Gasteiger partial charge is 0.276 e. The summed E-state index contributed by atoms with van der Waals surface area (Å²) >= 11 is 0. The van der Waals surface area contributed by atoms with Crippen molar-refractivity contribution in [1.29, 1.82) is 0 Å². The maximum atomic E-state index is 13.0. The molecule has 2 aromatic heterocycles. The van der Waals surface area contributed by atoms with E-state index >= 15 is 0 Å². The van der Waals surface area contributed by atoms with Crippen LogP contribution in [0, 0.1) is 0 Å². The van der Waals surface area contributed by atoms with Crippen molar-refractivity contribution < 1.29 is 14.1 Å². The van der Waals surface area contributed by atoms with E-state index < -0.39 is 0 Å². The van der Waals surface area contributed by atoms with Crippen LogP contribution < -0.4 is 4.74 Å². The normalized spacial score (nSPS) is 15.2. The number of amides is 1. The molecule has 0 spiro atoms. The minimum atomic E-state index is -0.154. The molecule has 32 heavy (non-hydrogen) atoms. The summed E-state index contributed by atoms with van der Waals surface area (Å²) in [5.74, 6) is 1.01. The number of hydrogen-bond acceptors (Lipinski definition) is 6. The molecule has 0 unspecified atom stereocenters. The van der Waals surface area contributed by atoms with Crippen LogP contribution >= 0.6 is 0 Å². The standard InChI is InChI=1S/C24H23N5O3/c1-28(23-8-4-6-17-5-2-3-7-21(17)23)24(30)22-13-20(32-27-22)14-31-19-11-9-18(10-12-19)29-16-25-15-26-29/h2-3,5,7,9-13,15-16,23H,4,6,8,14H2,1H3/t23-/m1/s1. The minimum absolute atomic E-state index is 0.0485. The molecule has 1 aliphatic rings. The van der Waals surface area contributed by atoms with Crippen LogP contribution in [0.5, 0.6) is 5.75 Å². The summed E-state index contributed by atoms with van der Waals surface area (Å²) in [6, 6.07) is 17.5. The molecule has 5 rings (SSSR count). The van der Waals surface area contributed by atoms with Crippen molar-refractivity contribution in [3.8, 4) is 11.4 Å². The summed E-state index contributed by atoms with van der Waals surface area (Å²) in [7, 11) is 1.83. The Morgan fingerprint density at radius 3 is 2.88 bits per heavy atom. The van der Waals surface area contributed by atoms with Crippen LogP contribution in [0.3, 0.4) is 0 Å². The molecule has 1 amide bonds. The first-order valence-electron chi connectivity index (χ1n) is 10.6. The summed E-state index contributed by atoms with van der Waals surface area (Å²) < 4.78 is 12.8. The minimum Gasteiger partial charge on any atom is -0.486 e. The zero-order valence-corrected chi connectivity index (χ0v) is 17.7. The lowest BCUT2D eigenvalue weighted by Crippen LogP contribution is -2.33. The lowest BCUT2D eigenvalue weighted by atomic mass is 9.87. The summed E-state index contributed by atoms with van der Waals surface area (Å²) in [5, 5.41) is 8.08. The molecule has 0 bridgehead atoms. The number of nitrogens with zero attached hydrogens (tertiary/aromatic N) is 5. The molecule has 0 radical (unpaired) electrons. The molecule has 0 saturated carbocycles. The third-order valence-corrected chi connectivity index (χ3v) is 5.80. The summed E-state index contributed by atoms with van der Waals surface area (Å²) in [4.78, 5) is 18.7. The van der Waals surface area contributed by atoms with Crippen molar-refractivity contribution in [3.05, 3.63) is 89.8 Å². The van der Waals surface area contributed by atoms with Crippen LogP contribution in [0.25, 0.3) is 5.69 Å². The molecule has 4 aromatic rings. The Hall–Kier alpha value is -3.94. The van der Waals surface area contributed by atoms with Gasteiger partial charge in [0.05, 0.1) is 11.7 Å². The van der Waals surface area contributed by atoms with Gasteiger partial charge in [-0.1, -0.05) is 29.4 Å². The first kappa shape index (κ1) is 20.0. The van der Waals surface area contributed by atoms with E-state index in [9.17, 15) is 4.79 Å². The monoisotopic (exact) mass is 429 g/mol. The van der Waals surface area contributed by atoms with Crippen molar-refractivity contribution in [2.45, 2.75) is 31.9 Å². The van der Waals surface area contributed by atoms with Crippen LogP contribution in [-0.2, 0) is 13.0 Å². The van der Waals surface area contributed by atoms with Crippen LogP contribution in [0.1, 0.15) is 46.3 Å². The molecule has 0 aliphatic heterocycles. The molecule has 162 valence electrons. The van der Waals surface area contributed by atoms with Crippen molar-refractivity contribution in [2.24, 2.45) is 0 Å². The van der Waals surface area contributed by atoms with E-state index in [1.54, 1.807) is 22.0 Å². The molecule has 8 heteroatoms. The zero-order chi connectivity index (χ0) is 21.9. The molecule has 0 fully saturated rings. The number of carbonyl (C=O) groups is 1. The van der Waals surface area contributed by atoms with Crippen molar-refractivity contribution in [3.63, 3.8) is 0 Å². The van der Waals surface area contributed by atoms with Crippen LogP contribution in [0.2, 0.25) is 0 Å². The average molecular weight is 429 g/mol. The summed E-state index contributed by atoms with van der Waals surface area (Å²) in [6.07, 6.45) is 6.17. The van der Waals surface area contributed by atoms with E-state index in [4.69, 9.17) is 9.26 Å². The van der Waals surface area contributed by atoms with Gasteiger partial charge < -0.3 is 14.2 Å². The largest absolute Gasteiger partial charge is 0.486 e. The molecule has 0 saturated heterocycles. The molecule has 0 N–H and O–H groups in total. The Labute approximate surface area is 185 Å².